The van der Waals surface area contributed by atoms with Crippen LogP contribution in [0.4, 0.5) is 0 Å². The summed E-state index contributed by atoms with van der Waals surface area (Å²) in [6, 6.07) is 0.808. The molecular weight excluding hydrogens is 244 g/mol. The quantitative estimate of drug-likeness (QED) is 0.829. The summed E-state index contributed by atoms with van der Waals surface area (Å²) in [7, 11) is 0. The maximum atomic E-state index is 3.84. The van der Waals surface area contributed by atoms with Crippen LogP contribution in [0.15, 0.2) is 0 Å². The van der Waals surface area contributed by atoms with E-state index in [1.165, 1.54) is 58.3 Å². The van der Waals surface area contributed by atoms with E-state index in [0.717, 1.165) is 29.7 Å². The first-order valence-corrected chi connectivity index (χ1v) is 9.36. The summed E-state index contributed by atoms with van der Waals surface area (Å²) >= 11 is 0. The van der Waals surface area contributed by atoms with Crippen molar-refractivity contribution in [1.29, 1.82) is 0 Å². The van der Waals surface area contributed by atoms with Gasteiger partial charge in [0.05, 0.1) is 0 Å². The molecule has 1 heterocycles. The molecule has 4 rings (SSSR count). The third kappa shape index (κ3) is 3.22. The Labute approximate surface area is 124 Å². The second-order valence-electron chi connectivity index (χ2n) is 8.06. The highest BCUT2D eigenvalue weighted by Crippen LogP contribution is 2.49. The number of hydrogen-bond donors (Lipinski definition) is 1. The van der Waals surface area contributed by atoms with Gasteiger partial charge in [-0.3, -0.25) is 0 Å². The number of nitrogens with one attached hydrogen (secondary N) is 1. The third-order valence-electron chi connectivity index (χ3n) is 6.43. The van der Waals surface area contributed by atoms with Gasteiger partial charge in [0.2, 0.25) is 0 Å². The van der Waals surface area contributed by atoms with Crippen LogP contribution in [0.3, 0.4) is 0 Å². The first-order chi connectivity index (χ1) is 9.90. The summed E-state index contributed by atoms with van der Waals surface area (Å²) in [5, 5.41) is 3.84. The van der Waals surface area contributed by atoms with Crippen molar-refractivity contribution in [3.63, 3.8) is 0 Å². The highest BCUT2D eigenvalue weighted by Gasteiger charge is 2.42. The maximum absolute atomic E-state index is 3.84. The minimum absolute atomic E-state index is 0.808. The molecule has 1 unspecified atom stereocenters. The normalized spacial score (nSPS) is 33.8. The molecule has 1 N–H and O–H groups in total. The molecule has 0 aromatic heterocycles. The van der Waals surface area contributed by atoms with E-state index in [1.807, 2.05) is 0 Å². The first kappa shape index (κ1) is 13.6. The predicted molar refractivity (Wildman–Crippen MR) is 83.7 cm³/mol. The number of piperazine rings is 1. The van der Waals surface area contributed by atoms with Gasteiger partial charge in [0.1, 0.15) is 0 Å². The Kier molecular flexibility index (Phi) is 4.05. The van der Waals surface area contributed by atoms with Gasteiger partial charge < -0.3 is 10.2 Å². The average Bonchev–Trinajstić information content (AvgIpc) is 3.40. The predicted octanol–water partition coefficient (Wildman–Crippen LogP) is 3.28. The van der Waals surface area contributed by atoms with E-state index in [2.05, 4.69) is 10.2 Å². The van der Waals surface area contributed by atoms with Gasteiger partial charge in [0.25, 0.3) is 0 Å². The zero-order valence-electron chi connectivity index (χ0n) is 13.0. The van der Waals surface area contributed by atoms with Crippen molar-refractivity contribution in [2.75, 3.05) is 26.2 Å². The van der Waals surface area contributed by atoms with Gasteiger partial charge in [0.15, 0.2) is 0 Å². The molecule has 0 bridgehead atoms. The lowest BCUT2D eigenvalue weighted by Gasteiger charge is -2.40. The van der Waals surface area contributed by atoms with Crippen LogP contribution in [0.5, 0.6) is 0 Å². The second kappa shape index (κ2) is 5.96. The molecule has 4 aliphatic rings. The Morgan fingerprint density at radius 1 is 0.900 bits per heavy atom. The van der Waals surface area contributed by atoms with Gasteiger partial charge in [-0.05, 0) is 62.2 Å². The summed E-state index contributed by atoms with van der Waals surface area (Å²) in [4.78, 5) is 2.83. The summed E-state index contributed by atoms with van der Waals surface area (Å²) in [5.41, 5.74) is 0. The van der Waals surface area contributed by atoms with Crippen molar-refractivity contribution in [3.8, 4) is 0 Å². The van der Waals surface area contributed by atoms with Crippen molar-refractivity contribution < 1.29 is 0 Å². The minimum atomic E-state index is 0.808. The summed E-state index contributed by atoms with van der Waals surface area (Å²) in [6.45, 7) is 5.32. The van der Waals surface area contributed by atoms with E-state index in [4.69, 9.17) is 0 Å². The van der Waals surface area contributed by atoms with E-state index in [1.54, 1.807) is 25.7 Å². The second-order valence-corrected chi connectivity index (χ2v) is 8.06. The third-order valence-corrected chi connectivity index (χ3v) is 6.43. The average molecular weight is 276 g/mol. The standard InChI is InChI=1S/C18H32N2/c1-2-4-16(5-3-1)18-13-20(11-10-19-18)12-17(14-6-7-14)15-8-9-15/h14-19H,1-13H2. The largest absolute Gasteiger partial charge is 0.311 e. The lowest BCUT2D eigenvalue weighted by atomic mass is 9.83. The molecule has 4 fully saturated rings. The van der Waals surface area contributed by atoms with Gasteiger partial charge in [-0.15, -0.1) is 0 Å². The van der Waals surface area contributed by atoms with Gasteiger partial charge in [0, 0.05) is 32.2 Å². The fourth-order valence-electron chi connectivity index (χ4n) is 4.89. The Morgan fingerprint density at radius 3 is 2.25 bits per heavy atom. The molecule has 20 heavy (non-hydrogen) atoms. The molecule has 0 aromatic carbocycles. The molecule has 3 saturated carbocycles. The van der Waals surface area contributed by atoms with Crippen LogP contribution in [-0.4, -0.2) is 37.1 Å². The van der Waals surface area contributed by atoms with E-state index in [9.17, 15) is 0 Å². The summed E-state index contributed by atoms with van der Waals surface area (Å²) in [6.07, 6.45) is 13.6. The Hall–Kier alpha value is -0.0800. The van der Waals surface area contributed by atoms with Crippen molar-refractivity contribution in [2.45, 2.75) is 63.8 Å². The molecule has 2 nitrogen and oxygen atoms in total. The Morgan fingerprint density at radius 2 is 1.60 bits per heavy atom. The molecule has 1 saturated heterocycles. The lowest BCUT2D eigenvalue weighted by Crippen LogP contribution is -2.55. The molecular formula is C18H32N2. The van der Waals surface area contributed by atoms with E-state index < -0.39 is 0 Å². The van der Waals surface area contributed by atoms with Crippen molar-refractivity contribution >= 4 is 0 Å². The zero-order valence-corrected chi connectivity index (χ0v) is 13.0. The van der Waals surface area contributed by atoms with Gasteiger partial charge in [-0.2, -0.15) is 0 Å². The van der Waals surface area contributed by atoms with Crippen LogP contribution >= 0.6 is 0 Å². The molecule has 114 valence electrons. The highest BCUT2D eigenvalue weighted by atomic mass is 15.2. The Bertz CT molecular complexity index is 303. The maximum Gasteiger partial charge on any atom is 0.0223 e. The number of hydrogen-bond acceptors (Lipinski definition) is 2. The summed E-state index contributed by atoms with van der Waals surface area (Å²) in [5.74, 6) is 4.28. The Balaban J connectivity index is 1.31. The van der Waals surface area contributed by atoms with E-state index in [0.29, 0.717) is 0 Å². The molecule has 0 amide bonds. The fourth-order valence-corrected chi connectivity index (χ4v) is 4.89. The molecule has 2 heteroatoms. The van der Waals surface area contributed by atoms with Gasteiger partial charge in [-0.1, -0.05) is 19.3 Å². The van der Waals surface area contributed by atoms with Crippen molar-refractivity contribution in [3.05, 3.63) is 0 Å². The minimum Gasteiger partial charge on any atom is -0.311 e. The number of rotatable bonds is 5. The van der Waals surface area contributed by atoms with Crippen molar-refractivity contribution in [1.82, 2.24) is 10.2 Å². The number of nitrogens with zero attached hydrogens (tertiary/aromatic N) is 1. The van der Waals surface area contributed by atoms with Crippen LogP contribution in [0, 0.1) is 23.7 Å². The zero-order chi connectivity index (χ0) is 13.4. The SMILES string of the molecule is C1CCC(C2CN(CC(C3CC3)C3CC3)CCN2)CC1. The molecule has 0 radical (unpaired) electrons. The molecule has 1 aliphatic heterocycles. The van der Waals surface area contributed by atoms with Crippen LogP contribution in [0.25, 0.3) is 0 Å². The first-order valence-electron chi connectivity index (χ1n) is 9.36. The van der Waals surface area contributed by atoms with Gasteiger partial charge in [-0.25, -0.2) is 0 Å². The van der Waals surface area contributed by atoms with Crippen LogP contribution in [0.1, 0.15) is 57.8 Å². The molecule has 0 aromatic rings. The van der Waals surface area contributed by atoms with Crippen LogP contribution < -0.4 is 5.32 Å². The topological polar surface area (TPSA) is 15.3 Å². The molecule has 3 aliphatic carbocycles. The fraction of sp³-hybridized carbons (Fsp3) is 1.00. The summed E-state index contributed by atoms with van der Waals surface area (Å²) < 4.78 is 0. The van der Waals surface area contributed by atoms with Crippen molar-refractivity contribution in [2.24, 2.45) is 23.7 Å². The lowest BCUT2D eigenvalue weighted by molar-refractivity contribution is 0.121. The molecule has 0 spiro atoms. The van der Waals surface area contributed by atoms with Crippen LogP contribution in [-0.2, 0) is 0 Å². The van der Waals surface area contributed by atoms with Crippen LogP contribution in [0.2, 0.25) is 0 Å². The van der Waals surface area contributed by atoms with E-state index in [-0.39, 0.29) is 0 Å². The van der Waals surface area contributed by atoms with E-state index >= 15 is 0 Å². The monoisotopic (exact) mass is 276 g/mol. The van der Waals surface area contributed by atoms with Gasteiger partial charge >= 0.3 is 0 Å². The smallest absolute Gasteiger partial charge is 0.0223 e. The highest BCUT2D eigenvalue weighted by molar-refractivity contribution is 4.94. The molecule has 1 atom stereocenters.